The van der Waals surface area contributed by atoms with Crippen molar-refractivity contribution in [3.8, 4) is 0 Å². The quantitative estimate of drug-likeness (QED) is 0.572. The van der Waals surface area contributed by atoms with Gasteiger partial charge in [-0.25, -0.2) is 4.98 Å². The second-order valence-corrected chi connectivity index (χ2v) is 4.99. The summed E-state index contributed by atoms with van der Waals surface area (Å²) in [6, 6.07) is 9.87. The molecule has 0 atom stereocenters. The van der Waals surface area contributed by atoms with Crippen LogP contribution in [0.4, 0.5) is 0 Å². The van der Waals surface area contributed by atoms with Crippen LogP contribution in [0.1, 0.15) is 17.1 Å². The van der Waals surface area contributed by atoms with Crippen molar-refractivity contribution in [1.29, 1.82) is 0 Å². The van der Waals surface area contributed by atoms with Gasteiger partial charge in [0.1, 0.15) is 11.4 Å². The molecule has 22 heavy (non-hydrogen) atoms. The standard InChI is InChI=1S/C16H19N5O/c1-12-5-3-7-15-20-13(11-21(12)15)9-18-16(17-2)19-10-14-6-4-8-22-14/h3-8,11H,9-10H2,1-2H3,(H2,17,18,19). The topological polar surface area (TPSA) is 66.9 Å². The maximum absolute atomic E-state index is 5.28. The van der Waals surface area contributed by atoms with Crippen molar-refractivity contribution in [2.24, 2.45) is 4.99 Å². The van der Waals surface area contributed by atoms with E-state index in [4.69, 9.17) is 4.42 Å². The Kier molecular flexibility index (Phi) is 4.09. The van der Waals surface area contributed by atoms with Crippen LogP contribution in [0.2, 0.25) is 0 Å². The first kappa shape index (κ1) is 14.2. The van der Waals surface area contributed by atoms with Crippen LogP contribution >= 0.6 is 0 Å². The summed E-state index contributed by atoms with van der Waals surface area (Å²) in [6.45, 7) is 3.27. The van der Waals surface area contributed by atoms with E-state index in [1.165, 1.54) is 0 Å². The summed E-state index contributed by atoms with van der Waals surface area (Å²) in [6.07, 6.45) is 3.70. The van der Waals surface area contributed by atoms with Crippen LogP contribution in [-0.4, -0.2) is 22.4 Å². The molecule has 0 aliphatic rings. The lowest BCUT2D eigenvalue weighted by atomic mass is 10.4. The minimum atomic E-state index is 0.594. The van der Waals surface area contributed by atoms with Crippen molar-refractivity contribution in [2.75, 3.05) is 7.05 Å². The lowest BCUT2D eigenvalue weighted by molar-refractivity contribution is 0.501. The zero-order valence-electron chi connectivity index (χ0n) is 12.7. The Balaban J connectivity index is 1.61. The third kappa shape index (κ3) is 3.11. The Hall–Kier alpha value is -2.76. The Bertz CT molecular complexity index is 773. The minimum Gasteiger partial charge on any atom is -0.467 e. The molecule has 0 aliphatic heterocycles. The van der Waals surface area contributed by atoms with Crippen molar-refractivity contribution in [3.63, 3.8) is 0 Å². The summed E-state index contributed by atoms with van der Waals surface area (Å²) in [7, 11) is 1.74. The maximum Gasteiger partial charge on any atom is 0.191 e. The van der Waals surface area contributed by atoms with Gasteiger partial charge in [-0.2, -0.15) is 0 Å². The minimum absolute atomic E-state index is 0.594. The number of pyridine rings is 1. The molecule has 3 aromatic rings. The predicted molar refractivity (Wildman–Crippen MR) is 85.7 cm³/mol. The molecule has 0 saturated carbocycles. The van der Waals surface area contributed by atoms with Crippen molar-refractivity contribution in [1.82, 2.24) is 20.0 Å². The molecule has 3 heterocycles. The molecule has 3 aromatic heterocycles. The molecule has 0 aromatic carbocycles. The summed E-state index contributed by atoms with van der Waals surface area (Å²) in [5, 5.41) is 6.45. The SMILES string of the molecule is CN=C(NCc1cn2c(C)cccc2n1)NCc1ccco1. The first-order chi connectivity index (χ1) is 10.8. The third-order valence-corrected chi connectivity index (χ3v) is 3.42. The zero-order valence-corrected chi connectivity index (χ0v) is 12.7. The summed E-state index contributed by atoms with van der Waals surface area (Å²) in [5.74, 6) is 1.58. The van der Waals surface area contributed by atoms with Crippen LogP contribution in [0.15, 0.2) is 52.2 Å². The summed E-state index contributed by atoms with van der Waals surface area (Å²) in [4.78, 5) is 8.78. The molecule has 0 unspecified atom stereocenters. The number of hydrogen-bond donors (Lipinski definition) is 2. The largest absolute Gasteiger partial charge is 0.467 e. The van der Waals surface area contributed by atoms with Gasteiger partial charge in [-0.1, -0.05) is 6.07 Å². The van der Waals surface area contributed by atoms with E-state index in [1.54, 1.807) is 13.3 Å². The number of hydrogen-bond acceptors (Lipinski definition) is 3. The smallest absolute Gasteiger partial charge is 0.191 e. The van der Waals surface area contributed by atoms with Crippen molar-refractivity contribution in [3.05, 3.63) is 59.9 Å². The van der Waals surface area contributed by atoms with Gasteiger partial charge in [0.05, 0.1) is 25.0 Å². The highest BCUT2D eigenvalue weighted by molar-refractivity contribution is 5.79. The molecular formula is C16H19N5O. The molecule has 0 bridgehead atoms. The van der Waals surface area contributed by atoms with Crippen LogP contribution in [0.3, 0.4) is 0 Å². The lowest BCUT2D eigenvalue weighted by Crippen LogP contribution is -2.36. The summed E-state index contributed by atoms with van der Waals surface area (Å²) in [5.41, 5.74) is 3.09. The predicted octanol–water partition coefficient (Wildman–Crippen LogP) is 2.10. The fourth-order valence-corrected chi connectivity index (χ4v) is 2.26. The number of rotatable bonds is 4. The van der Waals surface area contributed by atoms with Gasteiger partial charge in [0, 0.05) is 18.9 Å². The van der Waals surface area contributed by atoms with E-state index in [2.05, 4.69) is 38.0 Å². The average molecular weight is 297 g/mol. The van der Waals surface area contributed by atoms with Crippen LogP contribution < -0.4 is 10.6 Å². The number of nitrogens with one attached hydrogen (secondary N) is 2. The highest BCUT2D eigenvalue weighted by atomic mass is 16.3. The Morgan fingerprint density at radius 1 is 1.23 bits per heavy atom. The average Bonchev–Trinajstić information content (AvgIpc) is 3.17. The number of guanidine groups is 1. The fourth-order valence-electron chi connectivity index (χ4n) is 2.26. The van der Waals surface area contributed by atoms with Crippen LogP contribution in [0.5, 0.6) is 0 Å². The first-order valence-corrected chi connectivity index (χ1v) is 7.17. The highest BCUT2D eigenvalue weighted by Gasteiger charge is 2.05. The van der Waals surface area contributed by atoms with E-state index in [0.29, 0.717) is 19.0 Å². The van der Waals surface area contributed by atoms with Gasteiger partial charge in [-0.15, -0.1) is 0 Å². The van der Waals surface area contributed by atoms with Gasteiger partial charge >= 0.3 is 0 Å². The number of nitrogens with zero attached hydrogens (tertiary/aromatic N) is 3. The molecule has 6 heteroatoms. The molecule has 0 aliphatic carbocycles. The van der Waals surface area contributed by atoms with Gasteiger partial charge in [0.25, 0.3) is 0 Å². The van der Waals surface area contributed by atoms with E-state index in [9.17, 15) is 0 Å². The molecule has 3 rings (SSSR count). The zero-order chi connectivity index (χ0) is 15.4. The summed E-state index contributed by atoms with van der Waals surface area (Å²) >= 11 is 0. The maximum atomic E-state index is 5.28. The molecule has 0 saturated heterocycles. The normalized spacial score (nSPS) is 11.8. The number of fused-ring (bicyclic) bond motifs is 1. The van der Waals surface area contributed by atoms with E-state index >= 15 is 0 Å². The van der Waals surface area contributed by atoms with E-state index < -0.39 is 0 Å². The monoisotopic (exact) mass is 297 g/mol. The molecule has 6 nitrogen and oxygen atoms in total. The number of aryl methyl sites for hydroxylation is 1. The highest BCUT2D eigenvalue weighted by Crippen LogP contribution is 2.08. The number of furan rings is 1. The molecule has 114 valence electrons. The van der Waals surface area contributed by atoms with Gasteiger partial charge in [0.15, 0.2) is 5.96 Å². The van der Waals surface area contributed by atoms with E-state index in [0.717, 1.165) is 22.8 Å². The van der Waals surface area contributed by atoms with Crippen molar-refractivity contribution >= 4 is 11.6 Å². The van der Waals surface area contributed by atoms with Crippen molar-refractivity contribution in [2.45, 2.75) is 20.0 Å². The van der Waals surface area contributed by atoms with E-state index in [-0.39, 0.29) is 0 Å². The van der Waals surface area contributed by atoms with Crippen LogP contribution in [0.25, 0.3) is 5.65 Å². The van der Waals surface area contributed by atoms with Gasteiger partial charge in [-0.3, -0.25) is 4.99 Å². The lowest BCUT2D eigenvalue weighted by Gasteiger charge is -2.09. The molecule has 0 amide bonds. The Labute approximate surface area is 128 Å². The molecular weight excluding hydrogens is 278 g/mol. The third-order valence-electron chi connectivity index (χ3n) is 3.42. The fraction of sp³-hybridized carbons (Fsp3) is 0.250. The summed E-state index contributed by atoms with van der Waals surface area (Å²) < 4.78 is 7.36. The van der Waals surface area contributed by atoms with Gasteiger partial charge in [-0.05, 0) is 31.2 Å². The van der Waals surface area contributed by atoms with Crippen LogP contribution in [0, 0.1) is 6.92 Å². The first-order valence-electron chi connectivity index (χ1n) is 7.17. The molecule has 2 N–H and O–H groups in total. The number of aliphatic imine (C=N–C) groups is 1. The van der Waals surface area contributed by atoms with Crippen molar-refractivity contribution < 1.29 is 4.42 Å². The van der Waals surface area contributed by atoms with Crippen LogP contribution in [-0.2, 0) is 13.1 Å². The number of imidazole rings is 1. The van der Waals surface area contributed by atoms with E-state index in [1.807, 2.05) is 30.5 Å². The van der Waals surface area contributed by atoms with Gasteiger partial charge < -0.3 is 19.5 Å². The molecule has 0 radical (unpaired) electrons. The second-order valence-electron chi connectivity index (χ2n) is 4.99. The Morgan fingerprint density at radius 2 is 2.09 bits per heavy atom. The second kappa shape index (κ2) is 6.34. The molecule has 0 fully saturated rings. The van der Waals surface area contributed by atoms with Gasteiger partial charge in [0.2, 0.25) is 0 Å². The Morgan fingerprint density at radius 3 is 2.82 bits per heavy atom. The molecule has 0 spiro atoms. The number of aromatic nitrogens is 2.